The highest BCUT2D eigenvalue weighted by Crippen LogP contribution is 2.47. The van der Waals surface area contributed by atoms with Gasteiger partial charge in [0.05, 0.1) is 12.5 Å². The van der Waals surface area contributed by atoms with Crippen LogP contribution in [-0.2, 0) is 4.74 Å². The Morgan fingerprint density at radius 1 is 0.875 bits per heavy atom. The van der Waals surface area contributed by atoms with E-state index in [0.29, 0.717) is 48.0 Å². The van der Waals surface area contributed by atoms with Gasteiger partial charge in [0.1, 0.15) is 5.82 Å². The molecule has 1 aromatic carbocycles. The Hall–Kier alpha value is -1.67. The van der Waals surface area contributed by atoms with Gasteiger partial charge in [-0.2, -0.15) is 21.4 Å². The topological polar surface area (TPSA) is 9.23 Å². The minimum absolute atomic E-state index is 0.101. The molecule has 1 aromatic rings. The molecule has 0 bridgehead atoms. The maximum Gasteiger partial charge on any atom is 0.358 e. The number of rotatable bonds is 9. The summed E-state index contributed by atoms with van der Waals surface area (Å²) in [5.41, 5.74) is 1.90. The number of benzene rings is 1. The molecule has 4 rings (SSSR count). The zero-order valence-electron chi connectivity index (χ0n) is 22.9. The Balaban J connectivity index is 1.23. The lowest BCUT2D eigenvalue weighted by atomic mass is 9.68. The first-order chi connectivity index (χ1) is 19.1. The molecule has 0 aromatic heterocycles. The van der Waals surface area contributed by atoms with Gasteiger partial charge >= 0.3 is 6.11 Å². The molecule has 0 aliphatic heterocycles. The van der Waals surface area contributed by atoms with Crippen LogP contribution in [0.4, 0.5) is 26.3 Å². The molecule has 0 heterocycles. The van der Waals surface area contributed by atoms with E-state index in [9.17, 15) is 22.0 Å². The van der Waals surface area contributed by atoms with Crippen LogP contribution in [0.3, 0.4) is 0 Å². The molecular weight excluding hydrogens is 546 g/mol. The van der Waals surface area contributed by atoms with E-state index in [0.717, 1.165) is 62.5 Å². The lowest BCUT2D eigenvalue weighted by Gasteiger charge is -2.39. The minimum atomic E-state index is -3.48. The molecule has 1 nitrogen and oxygen atoms in total. The molecule has 3 saturated carbocycles. The van der Waals surface area contributed by atoms with Gasteiger partial charge < -0.3 is 4.74 Å². The maximum atomic E-state index is 15.1. The summed E-state index contributed by atoms with van der Waals surface area (Å²) in [5, 5.41) is 0.458. The van der Waals surface area contributed by atoms with Crippen LogP contribution >= 0.6 is 12.6 Å². The average Bonchev–Trinajstić information content (AvgIpc) is 2.96. The minimum Gasteiger partial charge on any atom is -0.316 e. The Morgan fingerprint density at radius 2 is 1.45 bits per heavy atom. The zero-order valence-corrected chi connectivity index (χ0v) is 23.8. The van der Waals surface area contributed by atoms with Crippen LogP contribution in [0.5, 0.6) is 0 Å². The molecule has 3 fully saturated rings. The van der Waals surface area contributed by atoms with Crippen molar-refractivity contribution in [3.05, 3.63) is 71.4 Å². The van der Waals surface area contributed by atoms with Gasteiger partial charge in [-0.05, 0) is 130 Å². The molecule has 0 atom stereocenters. The van der Waals surface area contributed by atoms with Gasteiger partial charge in [0, 0.05) is 5.25 Å². The first-order valence-electron chi connectivity index (χ1n) is 14.6. The third kappa shape index (κ3) is 7.78. The predicted molar refractivity (Wildman–Crippen MR) is 150 cm³/mol. The SMILES string of the molecule is C=C/C(F)=C(F)\C(F)=C/COC(F)(F)C1CCC(C2CCC(c3ccc(C4CCC(S)CC4)cc3F)CC2)CC1. The first-order valence-corrected chi connectivity index (χ1v) is 15.1. The molecule has 3 aliphatic carbocycles. The van der Waals surface area contributed by atoms with E-state index < -0.39 is 36.1 Å². The van der Waals surface area contributed by atoms with E-state index in [4.69, 9.17) is 0 Å². The maximum absolute atomic E-state index is 15.1. The molecule has 8 heteroatoms. The van der Waals surface area contributed by atoms with Gasteiger partial charge in [-0.25, -0.2) is 17.6 Å². The van der Waals surface area contributed by atoms with Crippen LogP contribution < -0.4 is 0 Å². The Morgan fingerprint density at radius 3 is 2.02 bits per heavy atom. The zero-order chi connectivity index (χ0) is 28.9. The largest absolute Gasteiger partial charge is 0.358 e. The van der Waals surface area contributed by atoms with Crippen molar-refractivity contribution in [3.63, 3.8) is 0 Å². The van der Waals surface area contributed by atoms with Crippen LogP contribution in [0, 0.1) is 23.6 Å². The van der Waals surface area contributed by atoms with E-state index in [1.54, 1.807) is 6.07 Å². The standard InChI is InChI=1S/C32H40F6OS/c1-2-28(33)31(36)29(34)17-18-39-32(37,38)25-12-7-21(8-13-25)20-3-5-23(6-4-20)27-16-11-24(19-30(27)35)22-9-14-26(40)15-10-22/h2,11,16-17,19-23,25-26,40H,1,3-10,12-15,18H2/b29-17+,31-28-. The van der Waals surface area contributed by atoms with Crippen molar-refractivity contribution in [2.75, 3.05) is 6.61 Å². The number of ether oxygens (including phenoxy) is 1. The molecular formula is C32H40F6OS. The van der Waals surface area contributed by atoms with Crippen LogP contribution in [0.25, 0.3) is 0 Å². The summed E-state index contributed by atoms with van der Waals surface area (Å²) in [5.74, 6) is -4.59. The summed E-state index contributed by atoms with van der Waals surface area (Å²) in [4.78, 5) is 0. The van der Waals surface area contributed by atoms with E-state index in [2.05, 4.69) is 30.0 Å². The van der Waals surface area contributed by atoms with Gasteiger partial charge in [0.25, 0.3) is 0 Å². The number of hydrogen-bond donors (Lipinski definition) is 1. The van der Waals surface area contributed by atoms with Crippen molar-refractivity contribution in [1.29, 1.82) is 0 Å². The highest BCUT2D eigenvalue weighted by atomic mass is 32.1. The van der Waals surface area contributed by atoms with Crippen molar-refractivity contribution in [2.45, 2.75) is 100 Å². The van der Waals surface area contributed by atoms with Gasteiger partial charge in [0.15, 0.2) is 17.5 Å². The van der Waals surface area contributed by atoms with Crippen LogP contribution in [0.2, 0.25) is 0 Å². The van der Waals surface area contributed by atoms with Gasteiger partial charge in [-0.3, -0.25) is 0 Å². The van der Waals surface area contributed by atoms with Crippen molar-refractivity contribution in [1.82, 2.24) is 0 Å². The fourth-order valence-electron chi connectivity index (χ4n) is 7.00. The lowest BCUT2D eigenvalue weighted by Crippen LogP contribution is -2.36. The van der Waals surface area contributed by atoms with Crippen LogP contribution in [0.15, 0.2) is 54.4 Å². The fraction of sp³-hybridized carbons (Fsp3) is 0.625. The number of allylic oxidation sites excluding steroid dienone is 4. The third-order valence-electron chi connectivity index (χ3n) is 9.45. The molecule has 0 unspecified atom stereocenters. The molecule has 0 saturated heterocycles. The van der Waals surface area contributed by atoms with Gasteiger partial charge in [-0.15, -0.1) is 0 Å². The second kappa shape index (κ2) is 14.0. The first kappa shape index (κ1) is 31.3. The normalized spacial score (nSPS) is 31.0. The Labute approximate surface area is 239 Å². The molecule has 3 aliphatic rings. The number of thiol groups is 1. The Kier molecular flexibility index (Phi) is 10.9. The number of alkyl halides is 2. The summed E-state index contributed by atoms with van der Waals surface area (Å²) in [6.45, 7) is 2.12. The van der Waals surface area contributed by atoms with E-state index in [1.807, 2.05) is 6.07 Å². The highest BCUT2D eigenvalue weighted by molar-refractivity contribution is 7.80. The monoisotopic (exact) mass is 586 g/mol. The molecule has 0 amide bonds. The number of halogens is 6. The summed E-state index contributed by atoms with van der Waals surface area (Å²) in [6, 6.07) is 5.83. The summed E-state index contributed by atoms with van der Waals surface area (Å²) >= 11 is 4.56. The molecule has 0 radical (unpaired) electrons. The predicted octanol–water partition coefficient (Wildman–Crippen LogP) is 10.7. The van der Waals surface area contributed by atoms with Crippen molar-refractivity contribution >= 4 is 12.6 Å². The average molecular weight is 587 g/mol. The van der Waals surface area contributed by atoms with E-state index >= 15 is 4.39 Å². The summed E-state index contributed by atoms with van der Waals surface area (Å²) in [6.07, 6.45) is 7.35. The van der Waals surface area contributed by atoms with Crippen molar-refractivity contribution in [2.24, 2.45) is 17.8 Å². The summed E-state index contributed by atoms with van der Waals surface area (Å²) < 4.78 is 88.8. The second-order valence-corrected chi connectivity index (χ2v) is 12.5. The molecule has 40 heavy (non-hydrogen) atoms. The van der Waals surface area contributed by atoms with Crippen LogP contribution in [0.1, 0.15) is 100 Å². The molecule has 0 N–H and O–H groups in total. The fourth-order valence-corrected chi connectivity index (χ4v) is 7.30. The van der Waals surface area contributed by atoms with E-state index in [-0.39, 0.29) is 24.6 Å². The quantitative estimate of drug-likeness (QED) is 0.172. The molecule has 0 spiro atoms. The lowest BCUT2D eigenvalue weighted by molar-refractivity contribution is -0.272. The summed E-state index contributed by atoms with van der Waals surface area (Å²) in [7, 11) is 0. The highest BCUT2D eigenvalue weighted by Gasteiger charge is 2.44. The van der Waals surface area contributed by atoms with Crippen molar-refractivity contribution in [3.8, 4) is 0 Å². The van der Waals surface area contributed by atoms with Crippen LogP contribution in [-0.4, -0.2) is 18.0 Å². The van der Waals surface area contributed by atoms with Gasteiger partial charge in [-0.1, -0.05) is 18.7 Å². The van der Waals surface area contributed by atoms with Gasteiger partial charge in [0.2, 0.25) is 0 Å². The number of hydrogen-bond acceptors (Lipinski definition) is 2. The third-order valence-corrected chi connectivity index (χ3v) is 9.97. The Bertz CT molecular complexity index is 1060. The van der Waals surface area contributed by atoms with E-state index in [1.165, 1.54) is 0 Å². The second-order valence-electron chi connectivity index (χ2n) is 11.8. The smallest absolute Gasteiger partial charge is 0.316 e. The van der Waals surface area contributed by atoms with Crippen molar-refractivity contribution < 1.29 is 31.1 Å². The molecule has 222 valence electrons.